The van der Waals surface area contributed by atoms with Crippen molar-refractivity contribution in [3.05, 3.63) is 48.9 Å². The predicted octanol–water partition coefficient (Wildman–Crippen LogP) is 2.35. The monoisotopic (exact) mass is 396 g/mol. The van der Waals surface area contributed by atoms with E-state index in [4.69, 9.17) is 4.74 Å². The Labute approximate surface area is 165 Å². The Morgan fingerprint density at radius 2 is 2.21 bits per heavy atom. The Bertz CT molecular complexity index is 1070. The number of nitrogens with zero attached hydrogens (tertiary/aromatic N) is 6. The lowest BCUT2D eigenvalue weighted by Crippen LogP contribution is -2.29. The first-order chi connectivity index (χ1) is 14.0. The number of hydrogen-bond acceptors (Lipinski definition) is 7. The minimum absolute atomic E-state index is 0.157. The standard InChI is InChI=1S/C19H17FN6O3/c1-3-26-23-18(22-24-26)16-7-4-12(9-21-16)14-6-5-13(8-15(14)20)25-10-17(11(2)27)29-19(25)28/h3-9,11,17,27H,1,10H2,2H3. The summed E-state index contributed by atoms with van der Waals surface area (Å²) in [6.07, 6.45) is 0.848. The summed E-state index contributed by atoms with van der Waals surface area (Å²) in [5.74, 6) is -0.187. The normalized spacial score (nSPS) is 17.3. The highest BCUT2D eigenvalue weighted by Crippen LogP contribution is 2.29. The number of rotatable bonds is 5. The third-order valence-corrected chi connectivity index (χ3v) is 4.53. The molecule has 0 aliphatic carbocycles. The Hall–Kier alpha value is -3.66. The second-order valence-electron chi connectivity index (χ2n) is 6.49. The zero-order valence-electron chi connectivity index (χ0n) is 15.4. The third-order valence-electron chi connectivity index (χ3n) is 4.53. The molecule has 3 aromatic rings. The van der Waals surface area contributed by atoms with Gasteiger partial charge in [-0.05, 0) is 36.4 Å². The third kappa shape index (κ3) is 3.57. The van der Waals surface area contributed by atoms with E-state index in [-0.39, 0.29) is 6.54 Å². The molecule has 0 spiro atoms. The van der Waals surface area contributed by atoms with E-state index in [0.29, 0.717) is 28.3 Å². The summed E-state index contributed by atoms with van der Waals surface area (Å²) in [5.41, 5.74) is 1.73. The number of hydrogen-bond donors (Lipinski definition) is 1. The molecule has 4 rings (SSSR count). The van der Waals surface area contributed by atoms with E-state index in [9.17, 15) is 14.3 Å². The van der Waals surface area contributed by atoms with Crippen LogP contribution in [0.4, 0.5) is 14.9 Å². The van der Waals surface area contributed by atoms with Gasteiger partial charge in [0.25, 0.3) is 0 Å². The fourth-order valence-corrected chi connectivity index (χ4v) is 2.94. The second-order valence-corrected chi connectivity index (χ2v) is 6.49. The molecule has 29 heavy (non-hydrogen) atoms. The van der Waals surface area contributed by atoms with Gasteiger partial charge in [-0.2, -0.15) is 0 Å². The van der Waals surface area contributed by atoms with Crippen LogP contribution in [0.15, 0.2) is 43.1 Å². The number of aliphatic hydroxyl groups is 1. The van der Waals surface area contributed by atoms with Gasteiger partial charge in [-0.15, -0.1) is 15.0 Å². The largest absolute Gasteiger partial charge is 0.441 e. The maximum absolute atomic E-state index is 14.7. The van der Waals surface area contributed by atoms with Gasteiger partial charge < -0.3 is 9.84 Å². The average molecular weight is 396 g/mol. The Morgan fingerprint density at radius 1 is 1.38 bits per heavy atom. The van der Waals surface area contributed by atoms with E-state index in [1.54, 1.807) is 24.3 Å². The zero-order chi connectivity index (χ0) is 20.5. The predicted molar refractivity (Wildman–Crippen MR) is 102 cm³/mol. The molecule has 1 amide bonds. The molecule has 3 heterocycles. The average Bonchev–Trinajstić information content (AvgIpc) is 3.35. The summed E-state index contributed by atoms with van der Waals surface area (Å²) >= 11 is 0. The lowest BCUT2D eigenvalue weighted by Gasteiger charge is -2.15. The first-order valence-corrected chi connectivity index (χ1v) is 8.81. The zero-order valence-corrected chi connectivity index (χ0v) is 15.4. The first-order valence-electron chi connectivity index (χ1n) is 8.81. The number of aromatic nitrogens is 5. The van der Waals surface area contributed by atoms with Gasteiger partial charge in [-0.1, -0.05) is 12.6 Å². The van der Waals surface area contributed by atoms with Crippen molar-refractivity contribution in [2.24, 2.45) is 0 Å². The number of tetrazole rings is 1. The van der Waals surface area contributed by atoms with Crippen molar-refractivity contribution < 1.29 is 19.0 Å². The highest BCUT2D eigenvalue weighted by atomic mass is 19.1. The number of carbonyl (C=O) groups is 1. The second kappa shape index (κ2) is 7.40. The SMILES string of the molecule is C=Cn1nnc(-c2ccc(-c3ccc(N4CC(C(C)O)OC4=O)cc3F)cn2)n1. The summed E-state index contributed by atoms with van der Waals surface area (Å²) in [4.78, 5) is 18.8. The van der Waals surface area contributed by atoms with Crippen molar-refractivity contribution >= 4 is 18.0 Å². The van der Waals surface area contributed by atoms with Crippen LogP contribution in [0.5, 0.6) is 0 Å². The Morgan fingerprint density at radius 3 is 2.79 bits per heavy atom. The first kappa shape index (κ1) is 18.7. The number of halogens is 1. The number of amides is 1. The molecule has 0 radical (unpaired) electrons. The highest BCUT2D eigenvalue weighted by Gasteiger charge is 2.35. The summed E-state index contributed by atoms with van der Waals surface area (Å²) in [6, 6.07) is 7.80. The number of benzene rings is 1. The van der Waals surface area contributed by atoms with Gasteiger partial charge in [0.15, 0.2) is 0 Å². The molecular weight excluding hydrogens is 379 g/mol. The van der Waals surface area contributed by atoms with Crippen LogP contribution in [0.2, 0.25) is 0 Å². The van der Waals surface area contributed by atoms with Gasteiger partial charge in [0, 0.05) is 23.5 Å². The lowest BCUT2D eigenvalue weighted by molar-refractivity contribution is 0.0437. The molecule has 1 saturated heterocycles. The van der Waals surface area contributed by atoms with Crippen LogP contribution in [0.1, 0.15) is 6.92 Å². The Kier molecular flexibility index (Phi) is 4.77. The molecule has 0 bridgehead atoms. The molecule has 148 valence electrons. The van der Waals surface area contributed by atoms with Crippen molar-refractivity contribution in [1.82, 2.24) is 25.2 Å². The molecule has 10 heteroatoms. The van der Waals surface area contributed by atoms with E-state index in [1.165, 1.54) is 35.1 Å². The minimum atomic E-state index is -0.805. The van der Waals surface area contributed by atoms with E-state index in [0.717, 1.165) is 0 Å². The van der Waals surface area contributed by atoms with Crippen LogP contribution in [0.25, 0.3) is 28.8 Å². The maximum Gasteiger partial charge on any atom is 0.414 e. The van der Waals surface area contributed by atoms with Gasteiger partial charge in [0.05, 0.1) is 18.3 Å². The number of anilines is 1. The van der Waals surface area contributed by atoms with Crippen molar-refractivity contribution in [3.8, 4) is 22.6 Å². The fourth-order valence-electron chi connectivity index (χ4n) is 2.94. The molecule has 1 aliphatic rings. The number of aliphatic hydroxyl groups excluding tert-OH is 1. The van der Waals surface area contributed by atoms with Crippen molar-refractivity contribution in [1.29, 1.82) is 0 Å². The van der Waals surface area contributed by atoms with E-state index in [1.807, 2.05) is 0 Å². The summed E-state index contributed by atoms with van der Waals surface area (Å²) < 4.78 is 19.8. The minimum Gasteiger partial charge on any atom is -0.441 e. The maximum atomic E-state index is 14.7. The van der Waals surface area contributed by atoms with Gasteiger partial charge in [0.1, 0.15) is 17.6 Å². The van der Waals surface area contributed by atoms with Crippen LogP contribution < -0.4 is 4.90 Å². The van der Waals surface area contributed by atoms with Gasteiger partial charge in [-0.25, -0.2) is 9.18 Å². The van der Waals surface area contributed by atoms with Crippen LogP contribution in [0.3, 0.4) is 0 Å². The van der Waals surface area contributed by atoms with Crippen LogP contribution in [-0.2, 0) is 4.74 Å². The number of cyclic esters (lactones) is 1. The van der Waals surface area contributed by atoms with E-state index >= 15 is 0 Å². The fraction of sp³-hybridized carbons (Fsp3) is 0.211. The topological polar surface area (TPSA) is 106 Å². The van der Waals surface area contributed by atoms with Crippen molar-refractivity contribution in [3.63, 3.8) is 0 Å². The number of pyridine rings is 1. The summed E-state index contributed by atoms with van der Waals surface area (Å²) in [7, 11) is 0. The van der Waals surface area contributed by atoms with Gasteiger partial charge in [0.2, 0.25) is 5.82 Å². The van der Waals surface area contributed by atoms with E-state index in [2.05, 4.69) is 27.0 Å². The molecule has 2 atom stereocenters. The summed E-state index contributed by atoms with van der Waals surface area (Å²) in [5, 5.41) is 21.3. The molecule has 2 unspecified atom stereocenters. The van der Waals surface area contributed by atoms with Crippen LogP contribution in [-0.4, -0.2) is 55.1 Å². The molecule has 0 saturated carbocycles. The molecule has 1 N–H and O–H groups in total. The smallest absolute Gasteiger partial charge is 0.414 e. The Balaban J connectivity index is 1.57. The quantitative estimate of drug-likeness (QED) is 0.705. The van der Waals surface area contributed by atoms with E-state index < -0.39 is 24.1 Å². The molecule has 2 aromatic heterocycles. The highest BCUT2D eigenvalue weighted by molar-refractivity contribution is 5.90. The molecular formula is C19H17FN6O3. The number of carbonyl (C=O) groups excluding carboxylic acids is 1. The number of ether oxygens (including phenoxy) is 1. The van der Waals surface area contributed by atoms with Crippen molar-refractivity contribution in [2.75, 3.05) is 11.4 Å². The molecule has 1 aliphatic heterocycles. The lowest BCUT2D eigenvalue weighted by atomic mass is 10.1. The summed E-state index contributed by atoms with van der Waals surface area (Å²) in [6.45, 7) is 5.24. The van der Waals surface area contributed by atoms with Gasteiger partial charge >= 0.3 is 6.09 Å². The van der Waals surface area contributed by atoms with Crippen LogP contribution >= 0.6 is 0 Å². The van der Waals surface area contributed by atoms with Crippen molar-refractivity contribution in [2.45, 2.75) is 19.1 Å². The molecule has 1 aromatic carbocycles. The van der Waals surface area contributed by atoms with Gasteiger partial charge in [-0.3, -0.25) is 9.88 Å². The molecule has 9 nitrogen and oxygen atoms in total. The van der Waals surface area contributed by atoms with Crippen LogP contribution in [0, 0.1) is 5.82 Å². The molecule has 1 fully saturated rings.